The van der Waals surface area contributed by atoms with Crippen molar-refractivity contribution < 1.29 is 17.6 Å². The van der Waals surface area contributed by atoms with Gasteiger partial charge in [0.15, 0.2) is 0 Å². The van der Waals surface area contributed by atoms with Gasteiger partial charge in [0.25, 0.3) is 5.91 Å². The second kappa shape index (κ2) is 8.95. The molecular weight excluding hydrogens is 435 g/mol. The summed E-state index contributed by atoms with van der Waals surface area (Å²) in [5.74, 6) is -0.891. The molecule has 0 fully saturated rings. The molecule has 0 aliphatic carbocycles. The molecule has 27 heavy (non-hydrogen) atoms. The maximum atomic E-state index is 13.8. The van der Waals surface area contributed by atoms with E-state index in [0.717, 1.165) is 0 Å². The molecule has 0 spiro atoms. The molecule has 0 saturated carbocycles. The first kappa shape index (κ1) is 21.5. The van der Waals surface area contributed by atoms with E-state index in [1.807, 2.05) is 0 Å². The number of carbonyl (C=O) groups excluding carboxylic acids is 1. The van der Waals surface area contributed by atoms with E-state index in [2.05, 4.69) is 21.2 Å². The molecule has 0 saturated heterocycles. The first-order valence-corrected chi connectivity index (χ1v) is 10.8. The Labute approximate surface area is 167 Å². The molecule has 0 aliphatic rings. The first-order valence-electron chi connectivity index (χ1n) is 8.53. The quantitative estimate of drug-likeness (QED) is 0.687. The average Bonchev–Trinajstić information content (AvgIpc) is 2.63. The van der Waals surface area contributed by atoms with Crippen molar-refractivity contribution in [1.82, 2.24) is 9.62 Å². The van der Waals surface area contributed by atoms with Gasteiger partial charge in [0.1, 0.15) is 5.82 Å². The topological polar surface area (TPSA) is 66.5 Å². The third kappa shape index (κ3) is 4.94. The molecule has 0 radical (unpaired) electrons. The molecule has 0 heterocycles. The zero-order valence-corrected chi connectivity index (χ0v) is 17.8. The number of nitrogens with one attached hydrogen (secondary N) is 1. The number of hydrogen-bond donors (Lipinski definition) is 1. The number of nitrogens with zero attached hydrogens (tertiary/aromatic N) is 1. The van der Waals surface area contributed by atoms with Gasteiger partial charge in [-0.3, -0.25) is 4.79 Å². The lowest BCUT2D eigenvalue weighted by Gasteiger charge is -2.20. The Morgan fingerprint density at radius 1 is 1.15 bits per heavy atom. The maximum absolute atomic E-state index is 13.8. The Bertz CT molecular complexity index is 944. The van der Waals surface area contributed by atoms with Crippen molar-refractivity contribution in [2.45, 2.75) is 32.2 Å². The van der Waals surface area contributed by atoms with Crippen molar-refractivity contribution in [2.24, 2.45) is 0 Å². The standard InChI is InChI=1S/C19H22BrFN2O3S/c1-4-23(5-2)27(25,26)18-11-14(7-6-13(18)3)19(24)22-12-15-10-16(20)8-9-17(15)21/h6-11H,4-5,12H2,1-3H3,(H,22,24). The minimum absolute atomic E-state index is 0.00386. The Morgan fingerprint density at radius 2 is 1.81 bits per heavy atom. The molecule has 0 aliphatic heterocycles. The van der Waals surface area contributed by atoms with Crippen LogP contribution < -0.4 is 5.32 Å². The van der Waals surface area contributed by atoms with Gasteiger partial charge >= 0.3 is 0 Å². The second-order valence-corrected chi connectivity index (χ2v) is 8.81. The molecule has 0 unspecified atom stereocenters. The summed E-state index contributed by atoms with van der Waals surface area (Å²) in [7, 11) is -3.68. The van der Waals surface area contributed by atoms with Crippen molar-refractivity contribution in [3.8, 4) is 0 Å². The molecule has 1 amide bonds. The van der Waals surface area contributed by atoms with Gasteiger partial charge < -0.3 is 5.32 Å². The fraction of sp³-hybridized carbons (Fsp3) is 0.316. The van der Waals surface area contributed by atoms with E-state index in [1.54, 1.807) is 45.0 Å². The van der Waals surface area contributed by atoms with Crippen LogP contribution in [-0.2, 0) is 16.6 Å². The number of hydrogen-bond acceptors (Lipinski definition) is 3. The SMILES string of the molecule is CCN(CC)S(=O)(=O)c1cc(C(=O)NCc2cc(Br)ccc2F)ccc1C. The number of halogens is 2. The lowest BCUT2D eigenvalue weighted by molar-refractivity contribution is 0.0950. The van der Waals surface area contributed by atoms with Crippen molar-refractivity contribution in [3.63, 3.8) is 0 Å². The molecule has 2 aromatic carbocycles. The van der Waals surface area contributed by atoms with Crippen LogP contribution in [-0.4, -0.2) is 31.7 Å². The van der Waals surface area contributed by atoms with Gasteiger partial charge in [0.2, 0.25) is 10.0 Å². The average molecular weight is 457 g/mol. The molecular formula is C19H22BrFN2O3S. The number of rotatable bonds is 7. The van der Waals surface area contributed by atoms with Crippen LogP contribution in [0.1, 0.15) is 35.3 Å². The molecule has 146 valence electrons. The third-order valence-electron chi connectivity index (χ3n) is 4.22. The van der Waals surface area contributed by atoms with Crippen LogP contribution in [0.5, 0.6) is 0 Å². The number of carbonyl (C=O) groups is 1. The van der Waals surface area contributed by atoms with Crippen molar-refractivity contribution in [3.05, 3.63) is 63.4 Å². The lowest BCUT2D eigenvalue weighted by atomic mass is 10.1. The van der Waals surface area contributed by atoms with Crippen LogP contribution >= 0.6 is 15.9 Å². The summed E-state index contributed by atoms with van der Waals surface area (Å²) in [5.41, 5.74) is 1.11. The van der Waals surface area contributed by atoms with Gasteiger partial charge in [0, 0.05) is 35.2 Å². The summed E-state index contributed by atoms with van der Waals surface area (Å²) in [6, 6.07) is 9.00. The van der Waals surface area contributed by atoms with Gasteiger partial charge in [-0.05, 0) is 42.8 Å². The highest BCUT2D eigenvalue weighted by Crippen LogP contribution is 2.22. The summed E-state index contributed by atoms with van der Waals surface area (Å²) in [5, 5.41) is 2.63. The lowest BCUT2D eigenvalue weighted by Crippen LogP contribution is -2.31. The van der Waals surface area contributed by atoms with Crippen LogP contribution in [0.25, 0.3) is 0 Å². The Kier molecular flexibility index (Phi) is 7.13. The van der Waals surface area contributed by atoms with Crippen LogP contribution in [0.4, 0.5) is 4.39 Å². The van der Waals surface area contributed by atoms with Crippen molar-refractivity contribution in [2.75, 3.05) is 13.1 Å². The smallest absolute Gasteiger partial charge is 0.251 e. The summed E-state index contributed by atoms with van der Waals surface area (Å²) >= 11 is 3.26. The number of amides is 1. The number of aryl methyl sites for hydroxylation is 1. The highest BCUT2D eigenvalue weighted by atomic mass is 79.9. The van der Waals surface area contributed by atoms with Gasteiger partial charge in [-0.1, -0.05) is 35.8 Å². The molecule has 1 N–H and O–H groups in total. The normalized spacial score (nSPS) is 11.6. The predicted octanol–water partition coefficient (Wildman–Crippen LogP) is 3.86. The fourth-order valence-corrected chi connectivity index (χ4v) is 4.80. The van der Waals surface area contributed by atoms with Crippen LogP contribution in [0.3, 0.4) is 0 Å². The van der Waals surface area contributed by atoms with Crippen molar-refractivity contribution in [1.29, 1.82) is 0 Å². The molecule has 0 atom stereocenters. The first-order chi connectivity index (χ1) is 12.7. The van der Waals surface area contributed by atoms with Crippen molar-refractivity contribution >= 4 is 31.9 Å². The molecule has 2 aromatic rings. The van der Waals surface area contributed by atoms with E-state index < -0.39 is 21.7 Å². The monoisotopic (exact) mass is 456 g/mol. The van der Waals surface area contributed by atoms with E-state index in [1.165, 1.54) is 16.4 Å². The van der Waals surface area contributed by atoms with E-state index in [-0.39, 0.29) is 17.0 Å². The van der Waals surface area contributed by atoms with Crippen LogP contribution in [0, 0.1) is 12.7 Å². The van der Waals surface area contributed by atoms with E-state index in [4.69, 9.17) is 0 Å². The molecule has 2 rings (SSSR count). The highest BCUT2D eigenvalue weighted by molar-refractivity contribution is 9.10. The van der Waals surface area contributed by atoms with E-state index in [0.29, 0.717) is 28.7 Å². The molecule has 5 nitrogen and oxygen atoms in total. The Hall–Kier alpha value is -1.77. The zero-order valence-electron chi connectivity index (χ0n) is 15.4. The van der Waals surface area contributed by atoms with Gasteiger partial charge in [-0.2, -0.15) is 4.31 Å². The summed E-state index contributed by atoms with van der Waals surface area (Å²) < 4.78 is 41.4. The molecule has 8 heteroatoms. The third-order valence-corrected chi connectivity index (χ3v) is 6.91. The molecule has 0 aromatic heterocycles. The predicted molar refractivity (Wildman–Crippen MR) is 107 cm³/mol. The van der Waals surface area contributed by atoms with Gasteiger partial charge in [-0.25, -0.2) is 12.8 Å². The largest absolute Gasteiger partial charge is 0.348 e. The minimum Gasteiger partial charge on any atom is -0.348 e. The van der Waals surface area contributed by atoms with E-state index >= 15 is 0 Å². The summed E-state index contributed by atoms with van der Waals surface area (Å²) in [4.78, 5) is 12.6. The van der Waals surface area contributed by atoms with Gasteiger partial charge in [-0.15, -0.1) is 0 Å². The fourth-order valence-electron chi connectivity index (χ4n) is 2.68. The number of sulfonamides is 1. The highest BCUT2D eigenvalue weighted by Gasteiger charge is 2.24. The van der Waals surface area contributed by atoms with E-state index in [9.17, 15) is 17.6 Å². The minimum atomic E-state index is -3.68. The maximum Gasteiger partial charge on any atom is 0.251 e. The number of benzene rings is 2. The summed E-state index contributed by atoms with van der Waals surface area (Å²) in [6.07, 6.45) is 0. The van der Waals surface area contributed by atoms with Gasteiger partial charge in [0.05, 0.1) is 4.90 Å². The Morgan fingerprint density at radius 3 is 2.44 bits per heavy atom. The summed E-state index contributed by atoms with van der Waals surface area (Å²) in [6.45, 7) is 5.90. The molecule has 0 bridgehead atoms. The van der Waals surface area contributed by atoms with Crippen LogP contribution in [0.2, 0.25) is 0 Å². The Balaban J connectivity index is 2.26. The second-order valence-electron chi connectivity index (χ2n) is 5.99. The van der Waals surface area contributed by atoms with Crippen LogP contribution in [0.15, 0.2) is 45.8 Å². The zero-order chi connectivity index (χ0) is 20.2.